The molecular formula is C18H16BClF3N5O3. The molecule has 3 heterocycles. The maximum absolute atomic E-state index is 13.5. The number of benzene rings is 1. The molecule has 1 saturated heterocycles. The van der Waals surface area contributed by atoms with Crippen LogP contribution in [0.25, 0.3) is 0 Å². The van der Waals surface area contributed by atoms with Gasteiger partial charge in [-0.2, -0.15) is 23.4 Å². The first-order chi connectivity index (χ1) is 14.8. The van der Waals surface area contributed by atoms with E-state index in [1.165, 1.54) is 12.3 Å². The summed E-state index contributed by atoms with van der Waals surface area (Å²) < 4.78 is 50.8. The molecule has 8 nitrogen and oxygen atoms in total. The lowest BCUT2D eigenvalue weighted by atomic mass is 9.75. The van der Waals surface area contributed by atoms with E-state index in [-0.39, 0.29) is 52.1 Å². The molecule has 2 aliphatic heterocycles. The molecule has 0 amide bonds. The minimum Gasteiger partial charge on any atom is -0.423 e. The number of nitriles is 1. The third-order valence-corrected chi connectivity index (χ3v) is 5.34. The van der Waals surface area contributed by atoms with Crippen LogP contribution in [0.5, 0.6) is 0 Å². The van der Waals surface area contributed by atoms with Crippen LogP contribution in [0.15, 0.2) is 18.3 Å². The molecule has 1 fully saturated rings. The Morgan fingerprint density at radius 1 is 1.35 bits per heavy atom. The molecule has 2 aliphatic rings. The molecule has 0 saturated carbocycles. The Morgan fingerprint density at radius 2 is 2.16 bits per heavy atom. The third-order valence-electron chi connectivity index (χ3n) is 5.06. The van der Waals surface area contributed by atoms with Gasteiger partial charge >= 0.3 is 13.3 Å². The van der Waals surface area contributed by atoms with Gasteiger partial charge in [0.2, 0.25) is 5.95 Å². The number of ether oxygens (including phenoxy) is 1. The minimum absolute atomic E-state index is 0.00433. The van der Waals surface area contributed by atoms with Crippen LogP contribution in [0.1, 0.15) is 17.5 Å². The molecule has 0 spiro atoms. The quantitative estimate of drug-likeness (QED) is 0.605. The minimum atomic E-state index is -4.68. The number of rotatable bonds is 4. The number of hydrogen-bond acceptors (Lipinski definition) is 8. The lowest BCUT2D eigenvalue weighted by Crippen LogP contribution is -2.38. The highest BCUT2D eigenvalue weighted by atomic mass is 35.5. The molecule has 13 heteroatoms. The fourth-order valence-electron chi connectivity index (χ4n) is 3.55. The molecule has 0 aliphatic carbocycles. The molecule has 0 radical (unpaired) electrons. The second-order valence-electron chi connectivity index (χ2n) is 7.12. The van der Waals surface area contributed by atoms with E-state index >= 15 is 0 Å². The van der Waals surface area contributed by atoms with Crippen LogP contribution in [0.2, 0.25) is 5.02 Å². The summed E-state index contributed by atoms with van der Waals surface area (Å²) in [4.78, 5) is 8.25. The summed E-state index contributed by atoms with van der Waals surface area (Å²) in [5, 5.41) is 25.0. The Balaban J connectivity index is 1.61. The number of halogens is 4. The van der Waals surface area contributed by atoms with Crippen molar-refractivity contribution in [3.63, 3.8) is 0 Å². The maximum atomic E-state index is 13.5. The van der Waals surface area contributed by atoms with E-state index in [2.05, 4.69) is 26.7 Å². The Labute approximate surface area is 180 Å². The highest BCUT2D eigenvalue weighted by Gasteiger charge is 2.41. The molecule has 2 unspecified atom stereocenters. The van der Waals surface area contributed by atoms with Crippen molar-refractivity contribution >= 4 is 41.6 Å². The number of nitrogens with zero attached hydrogens (tertiary/aromatic N) is 3. The zero-order chi connectivity index (χ0) is 22.2. The summed E-state index contributed by atoms with van der Waals surface area (Å²) in [5.74, 6) is -0.0655. The molecule has 3 N–H and O–H groups in total. The Morgan fingerprint density at radius 3 is 2.90 bits per heavy atom. The van der Waals surface area contributed by atoms with Crippen molar-refractivity contribution in [2.75, 3.05) is 23.8 Å². The summed E-state index contributed by atoms with van der Waals surface area (Å²) in [6, 6.07) is 4.17. The average molecular weight is 454 g/mol. The predicted molar refractivity (Wildman–Crippen MR) is 106 cm³/mol. The predicted octanol–water partition coefficient (Wildman–Crippen LogP) is 2.45. The van der Waals surface area contributed by atoms with Crippen molar-refractivity contribution in [2.24, 2.45) is 5.92 Å². The van der Waals surface area contributed by atoms with E-state index in [4.69, 9.17) is 21.0 Å². The van der Waals surface area contributed by atoms with Gasteiger partial charge in [-0.3, -0.25) is 0 Å². The van der Waals surface area contributed by atoms with Gasteiger partial charge in [0.15, 0.2) is 5.82 Å². The van der Waals surface area contributed by atoms with Gasteiger partial charge in [0, 0.05) is 17.8 Å². The lowest BCUT2D eigenvalue weighted by molar-refractivity contribution is -0.136. The zero-order valence-electron chi connectivity index (χ0n) is 15.9. The highest BCUT2D eigenvalue weighted by Crippen LogP contribution is 2.34. The van der Waals surface area contributed by atoms with E-state index in [0.29, 0.717) is 19.6 Å². The smallest absolute Gasteiger partial charge is 0.423 e. The van der Waals surface area contributed by atoms with E-state index < -0.39 is 18.9 Å². The molecule has 2 atom stereocenters. The van der Waals surface area contributed by atoms with E-state index in [9.17, 15) is 23.5 Å². The normalized spacial score (nSPS) is 20.8. The van der Waals surface area contributed by atoms with Crippen LogP contribution >= 0.6 is 11.6 Å². The summed E-state index contributed by atoms with van der Waals surface area (Å²) >= 11 is 6.16. The van der Waals surface area contributed by atoms with Gasteiger partial charge < -0.3 is 25.0 Å². The van der Waals surface area contributed by atoms with Crippen molar-refractivity contribution in [3.05, 3.63) is 34.5 Å². The second kappa shape index (κ2) is 8.51. The van der Waals surface area contributed by atoms with Crippen molar-refractivity contribution in [1.82, 2.24) is 9.97 Å². The van der Waals surface area contributed by atoms with Crippen LogP contribution in [0.3, 0.4) is 0 Å². The average Bonchev–Trinajstić information content (AvgIpc) is 3.10. The number of alkyl halides is 3. The van der Waals surface area contributed by atoms with Crippen molar-refractivity contribution in [1.29, 1.82) is 5.26 Å². The fraction of sp³-hybridized carbons (Fsp3) is 0.389. The molecule has 4 rings (SSSR count). The van der Waals surface area contributed by atoms with E-state index in [1.807, 2.05) is 0 Å². The van der Waals surface area contributed by atoms with E-state index in [0.717, 1.165) is 6.07 Å². The molecule has 162 valence electrons. The summed E-state index contributed by atoms with van der Waals surface area (Å²) in [5.41, 5.74) is -1.00. The molecule has 1 aromatic heterocycles. The second-order valence-corrected chi connectivity index (χ2v) is 7.53. The Bertz CT molecular complexity index is 1040. The Kier molecular flexibility index (Phi) is 5.94. The summed E-state index contributed by atoms with van der Waals surface area (Å²) in [7, 11) is -1.63. The van der Waals surface area contributed by atoms with Gasteiger partial charge in [-0.05, 0) is 24.1 Å². The monoisotopic (exact) mass is 453 g/mol. The lowest BCUT2D eigenvalue weighted by Gasteiger charge is -2.28. The van der Waals surface area contributed by atoms with Crippen LogP contribution in [-0.4, -0.2) is 41.4 Å². The largest absolute Gasteiger partial charge is 0.492 e. The molecule has 31 heavy (non-hydrogen) atoms. The molecule has 0 bridgehead atoms. The molecule has 1 aromatic carbocycles. The zero-order valence-corrected chi connectivity index (χ0v) is 16.7. The van der Waals surface area contributed by atoms with Crippen molar-refractivity contribution in [2.45, 2.75) is 25.2 Å². The van der Waals surface area contributed by atoms with Gasteiger partial charge in [0.1, 0.15) is 5.02 Å². The SMILES string of the molecule is N#CC1CCOCC1Nc1nc(Nc2cc3c(c(C(F)(F)F)c2)B(O)OC3)ncc1Cl. The van der Waals surface area contributed by atoms with Gasteiger partial charge in [-0.15, -0.1) is 0 Å². The third kappa shape index (κ3) is 4.55. The van der Waals surface area contributed by atoms with Crippen LogP contribution in [-0.2, 0) is 22.2 Å². The summed E-state index contributed by atoms with van der Waals surface area (Å²) in [6.07, 6.45) is -2.82. The Hall–Kier alpha value is -2.59. The molecular weight excluding hydrogens is 437 g/mol. The van der Waals surface area contributed by atoms with E-state index in [1.54, 1.807) is 0 Å². The number of anilines is 3. The molecule has 2 aromatic rings. The maximum Gasteiger partial charge on any atom is 0.492 e. The number of fused-ring (bicyclic) bond motifs is 1. The first-order valence-corrected chi connectivity index (χ1v) is 9.71. The van der Waals surface area contributed by atoms with Gasteiger partial charge in [-0.25, -0.2) is 4.98 Å². The fourth-order valence-corrected chi connectivity index (χ4v) is 3.70. The number of hydrogen-bond donors (Lipinski definition) is 3. The summed E-state index contributed by atoms with van der Waals surface area (Å²) in [6.45, 7) is 0.628. The first kappa shape index (κ1) is 21.6. The van der Waals surface area contributed by atoms with Crippen molar-refractivity contribution in [3.8, 4) is 6.07 Å². The topological polar surface area (TPSA) is 112 Å². The highest BCUT2D eigenvalue weighted by molar-refractivity contribution is 6.62. The first-order valence-electron chi connectivity index (χ1n) is 9.33. The van der Waals surface area contributed by atoms with Gasteiger partial charge in [0.25, 0.3) is 0 Å². The number of nitrogens with one attached hydrogen (secondary N) is 2. The number of aromatic nitrogens is 2. The van der Waals surface area contributed by atoms with Crippen LogP contribution in [0.4, 0.5) is 30.6 Å². The van der Waals surface area contributed by atoms with Gasteiger partial charge in [0.05, 0.1) is 43.0 Å². The standard InChI is InChI=1S/C18H16BClF3N5O3/c20-13-6-25-17(28-16(13)27-14-8-30-2-1-9(14)5-24)26-11-3-10-7-31-19(29)15(10)12(4-11)18(21,22)23/h3-4,6,9,14,29H,1-2,7-8H2,(H2,25,26,27,28). The van der Waals surface area contributed by atoms with Crippen LogP contribution in [0, 0.1) is 17.2 Å². The van der Waals surface area contributed by atoms with Gasteiger partial charge in [-0.1, -0.05) is 11.6 Å². The van der Waals surface area contributed by atoms with Crippen molar-refractivity contribution < 1.29 is 27.6 Å². The van der Waals surface area contributed by atoms with Crippen LogP contribution < -0.4 is 16.1 Å².